The van der Waals surface area contributed by atoms with E-state index in [1.807, 2.05) is 0 Å². The predicted molar refractivity (Wildman–Crippen MR) is 110 cm³/mol. The van der Waals surface area contributed by atoms with Crippen molar-refractivity contribution >= 4 is 0 Å². The fraction of sp³-hybridized carbons (Fsp3) is 0.913. The Balaban J connectivity index is 1.48. The van der Waals surface area contributed by atoms with Crippen molar-refractivity contribution in [2.75, 3.05) is 19.7 Å². The van der Waals surface area contributed by atoms with Crippen LogP contribution in [0.1, 0.15) is 86.5 Å². The molecule has 0 unspecified atom stereocenters. The summed E-state index contributed by atoms with van der Waals surface area (Å²) in [6.07, 6.45) is 8.77. The molecular weight excluding hydrogens is 338 g/mol. The van der Waals surface area contributed by atoms with Gasteiger partial charge < -0.3 is 9.47 Å². The van der Waals surface area contributed by atoms with Crippen LogP contribution in [0, 0.1) is 17.8 Å². The Bertz CT molecular complexity index is 480. The van der Waals surface area contributed by atoms with E-state index >= 15 is 0 Å². The minimum atomic E-state index is -0.0925. The van der Waals surface area contributed by atoms with Gasteiger partial charge in [0.05, 0.1) is 23.4 Å². The maximum Gasteiger partial charge on any atom is 0.108 e. The molecular formula is C23H41NO3. The summed E-state index contributed by atoms with van der Waals surface area (Å²) in [4.78, 5) is 6.13. The van der Waals surface area contributed by atoms with Crippen LogP contribution in [0.25, 0.3) is 0 Å². The molecule has 2 fully saturated rings. The minimum absolute atomic E-state index is 0.0437. The zero-order chi connectivity index (χ0) is 19.9. The molecule has 4 nitrogen and oxygen atoms in total. The third kappa shape index (κ3) is 9.94. The van der Waals surface area contributed by atoms with Crippen LogP contribution < -0.4 is 0 Å². The Morgan fingerprint density at radius 3 is 2.15 bits per heavy atom. The Labute approximate surface area is 167 Å². The molecule has 0 bridgehead atoms. The van der Waals surface area contributed by atoms with Gasteiger partial charge in [-0.15, -0.1) is 5.92 Å². The predicted octanol–water partition coefficient (Wildman–Crippen LogP) is 4.96. The Hall–Kier alpha value is -0.600. The first-order chi connectivity index (χ1) is 12.6. The van der Waals surface area contributed by atoms with Crippen molar-refractivity contribution in [3.63, 3.8) is 0 Å². The molecule has 2 aliphatic rings. The van der Waals surface area contributed by atoms with Crippen molar-refractivity contribution in [1.82, 2.24) is 5.06 Å². The molecule has 1 saturated heterocycles. The maximum atomic E-state index is 6.13. The third-order valence-electron chi connectivity index (χ3n) is 5.06. The Kier molecular flexibility index (Phi) is 8.62. The molecule has 156 valence electrons. The normalized spacial score (nSPS) is 25.0. The van der Waals surface area contributed by atoms with E-state index in [-0.39, 0.29) is 11.2 Å². The van der Waals surface area contributed by atoms with E-state index < -0.39 is 0 Å². The van der Waals surface area contributed by atoms with Gasteiger partial charge in [0, 0.05) is 32.4 Å². The average molecular weight is 380 g/mol. The van der Waals surface area contributed by atoms with Crippen LogP contribution >= 0.6 is 0 Å². The van der Waals surface area contributed by atoms with Crippen molar-refractivity contribution < 1.29 is 14.3 Å². The van der Waals surface area contributed by atoms with E-state index in [0.29, 0.717) is 18.8 Å². The molecule has 0 N–H and O–H groups in total. The number of hydrogen-bond acceptors (Lipinski definition) is 4. The Morgan fingerprint density at radius 2 is 1.56 bits per heavy atom. The first kappa shape index (κ1) is 22.7. The first-order valence-electron chi connectivity index (χ1n) is 10.8. The Morgan fingerprint density at radius 1 is 0.889 bits per heavy atom. The van der Waals surface area contributed by atoms with Crippen LogP contribution in [-0.4, -0.2) is 48.2 Å². The zero-order valence-electron chi connectivity index (χ0n) is 18.5. The monoisotopic (exact) mass is 379 g/mol. The minimum Gasteiger partial charge on any atom is -0.372 e. The highest BCUT2D eigenvalue weighted by Crippen LogP contribution is 2.32. The molecule has 4 heteroatoms. The van der Waals surface area contributed by atoms with Crippen molar-refractivity contribution in [2.24, 2.45) is 5.92 Å². The molecule has 0 atom stereocenters. The van der Waals surface area contributed by atoms with Crippen LogP contribution in [0.4, 0.5) is 0 Å². The van der Waals surface area contributed by atoms with Crippen LogP contribution in [-0.2, 0) is 14.3 Å². The highest BCUT2D eigenvalue weighted by Gasteiger charge is 2.35. The molecule has 2 rings (SSSR count). The smallest absolute Gasteiger partial charge is 0.108 e. The van der Waals surface area contributed by atoms with Gasteiger partial charge in [-0.3, -0.25) is 4.84 Å². The van der Waals surface area contributed by atoms with Gasteiger partial charge in [0.2, 0.25) is 0 Å². The molecule has 0 aromatic rings. The van der Waals surface area contributed by atoms with Crippen LogP contribution in [0.15, 0.2) is 0 Å². The topological polar surface area (TPSA) is 30.9 Å². The summed E-state index contributed by atoms with van der Waals surface area (Å²) in [6, 6.07) is 0. The number of rotatable bonds is 7. The van der Waals surface area contributed by atoms with Crippen LogP contribution in [0.2, 0.25) is 0 Å². The van der Waals surface area contributed by atoms with E-state index in [9.17, 15) is 0 Å². The largest absolute Gasteiger partial charge is 0.372 e. The van der Waals surface area contributed by atoms with Crippen molar-refractivity contribution in [3.05, 3.63) is 0 Å². The molecule has 1 aliphatic heterocycles. The van der Waals surface area contributed by atoms with Crippen LogP contribution in [0.5, 0.6) is 0 Å². The summed E-state index contributed by atoms with van der Waals surface area (Å²) in [6.45, 7) is 15.2. The quantitative estimate of drug-likeness (QED) is 0.462. The van der Waals surface area contributed by atoms with E-state index in [0.717, 1.165) is 38.3 Å². The summed E-state index contributed by atoms with van der Waals surface area (Å²) in [5, 5.41) is 2.19. The molecule has 1 saturated carbocycles. The lowest BCUT2D eigenvalue weighted by Gasteiger charge is -2.42. The van der Waals surface area contributed by atoms with E-state index in [1.54, 1.807) is 0 Å². The lowest BCUT2D eigenvalue weighted by molar-refractivity contribution is -0.257. The summed E-state index contributed by atoms with van der Waals surface area (Å²) in [7, 11) is 0. The van der Waals surface area contributed by atoms with Crippen molar-refractivity contribution in [1.29, 1.82) is 0 Å². The van der Waals surface area contributed by atoms with Gasteiger partial charge in [0.1, 0.15) is 6.61 Å². The lowest BCUT2D eigenvalue weighted by Crippen LogP contribution is -2.46. The molecule has 0 spiro atoms. The summed E-state index contributed by atoms with van der Waals surface area (Å²) in [5.41, 5.74) is -0.136. The van der Waals surface area contributed by atoms with Gasteiger partial charge in [-0.2, -0.15) is 5.06 Å². The number of nitrogens with zero attached hydrogens (tertiary/aromatic N) is 1. The summed E-state index contributed by atoms with van der Waals surface area (Å²) in [5.74, 6) is 7.20. The maximum absolute atomic E-state index is 6.13. The third-order valence-corrected chi connectivity index (χ3v) is 5.06. The van der Waals surface area contributed by atoms with E-state index in [4.69, 9.17) is 14.3 Å². The number of hydroxylamine groups is 2. The summed E-state index contributed by atoms with van der Waals surface area (Å²) >= 11 is 0. The highest BCUT2D eigenvalue weighted by atomic mass is 16.7. The molecule has 0 radical (unpaired) electrons. The standard InChI is InChI=1S/C23H41NO3/c1-22(2,3)25-16-10-8-7-9-11-19-12-14-24(15-13-19)27-21-17-20(18-21)26-23(4,5)6/h19-21H,7,9,11-18H2,1-6H3. The van der Waals surface area contributed by atoms with Gasteiger partial charge in [-0.1, -0.05) is 5.92 Å². The fourth-order valence-corrected chi connectivity index (χ4v) is 3.59. The number of piperidine rings is 1. The van der Waals surface area contributed by atoms with Crippen molar-refractivity contribution in [3.8, 4) is 11.8 Å². The van der Waals surface area contributed by atoms with E-state index in [1.165, 1.54) is 25.7 Å². The molecule has 27 heavy (non-hydrogen) atoms. The second-order valence-electron chi connectivity index (χ2n) is 10.1. The molecule has 0 amide bonds. The molecule has 1 heterocycles. The van der Waals surface area contributed by atoms with Gasteiger partial charge in [-0.05, 0) is 73.1 Å². The zero-order valence-corrected chi connectivity index (χ0v) is 18.5. The van der Waals surface area contributed by atoms with Gasteiger partial charge in [-0.25, -0.2) is 0 Å². The fourth-order valence-electron chi connectivity index (χ4n) is 3.59. The second kappa shape index (κ2) is 10.3. The van der Waals surface area contributed by atoms with Crippen LogP contribution in [0.3, 0.4) is 0 Å². The lowest BCUT2D eigenvalue weighted by atomic mass is 9.91. The molecule has 0 aromatic carbocycles. The highest BCUT2D eigenvalue weighted by molar-refractivity contribution is 4.99. The van der Waals surface area contributed by atoms with Gasteiger partial charge >= 0.3 is 0 Å². The van der Waals surface area contributed by atoms with Gasteiger partial charge in [0.15, 0.2) is 0 Å². The van der Waals surface area contributed by atoms with Gasteiger partial charge in [0.25, 0.3) is 0 Å². The number of unbranched alkanes of at least 4 members (excludes halogenated alkanes) is 1. The SMILES string of the molecule is CC(C)(C)OCC#CCCCC1CCN(OC2CC(OC(C)(C)C)C2)CC1. The number of ether oxygens (including phenoxy) is 2. The average Bonchev–Trinajstić information content (AvgIpc) is 2.51. The summed E-state index contributed by atoms with van der Waals surface area (Å²) < 4.78 is 11.6. The first-order valence-corrected chi connectivity index (χ1v) is 10.8. The number of hydrogen-bond donors (Lipinski definition) is 0. The molecule has 0 aromatic heterocycles. The second-order valence-corrected chi connectivity index (χ2v) is 10.1. The molecule has 1 aliphatic carbocycles. The van der Waals surface area contributed by atoms with E-state index in [2.05, 4.69) is 58.4 Å². The van der Waals surface area contributed by atoms with Crippen molar-refractivity contribution in [2.45, 2.75) is 110 Å².